The van der Waals surface area contributed by atoms with Gasteiger partial charge in [-0.1, -0.05) is 12.1 Å². The number of aryl methyl sites for hydroxylation is 2. The normalized spacial score (nSPS) is 17.0. The van der Waals surface area contributed by atoms with E-state index >= 15 is 0 Å². The number of hydrogen-bond donors (Lipinski definition) is 1. The van der Waals surface area contributed by atoms with Crippen molar-refractivity contribution >= 4 is 16.6 Å². The minimum atomic E-state index is 0.169. The van der Waals surface area contributed by atoms with Crippen molar-refractivity contribution in [3.63, 3.8) is 0 Å². The van der Waals surface area contributed by atoms with Crippen LogP contribution in [0.25, 0.3) is 10.9 Å². The van der Waals surface area contributed by atoms with E-state index in [0.717, 1.165) is 53.2 Å². The predicted molar refractivity (Wildman–Crippen MR) is 88.7 cm³/mol. The Hall–Kier alpha value is -2.63. The van der Waals surface area contributed by atoms with E-state index in [9.17, 15) is 0 Å². The van der Waals surface area contributed by atoms with E-state index in [-0.39, 0.29) is 6.04 Å². The van der Waals surface area contributed by atoms with Gasteiger partial charge in [0, 0.05) is 23.3 Å². The third-order valence-corrected chi connectivity index (χ3v) is 4.30. The van der Waals surface area contributed by atoms with Crippen molar-refractivity contribution in [2.24, 2.45) is 0 Å². The Morgan fingerprint density at radius 2 is 2.26 bits per heavy atom. The molecule has 0 spiro atoms. The Balaban J connectivity index is 1.78. The number of fused-ring (bicyclic) bond motifs is 2. The first-order valence-electron chi connectivity index (χ1n) is 7.85. The quantitative estimate of drug-likeness (QED) is 0.805. The number of ether oxygens (including phenoxy) is 1. The lowest BCUT2D eigenvalue weighted by Gasteiger charge is -2.25. The number of benzene rings is 1. The predicted octanol–water partition coefficient (Wildman–Crippen LogP) is 3.09. The fraction of sp³-hybridized carbons (Fsp3) is 0.353. The van der Waals surface area contributed by atoms with Crippen LogP contribution in [0.3, 0.4) is 0 Å². The lowest BCUT2D eigenvalue weighted by atomic mass is 10.1. The number of hydrogen-bond acceptors (Lipinski definition) is 5. The zero-order chi connectivity index (χ0) is 15.8. The minimum Gasteiger partial charge on any atom is -0.494 e. The highest BCUT2D eigenvalue weighted by Crippen LogP contribution is 2.33. The van der Waals surface area contributed by atoms with Gasteiger partial charge in [-0.3, -0.25) is 0 Å². The third-order valence-electron chi connectivity index (χ3n) is 4.30. The highest BCUT2D eigenvalue weighted by molar-refractivity contribution is 5.95. The summed E-state index contributed by atoms with van der Waals surface area (Å²) in [6.45, 7) is 2.94. The summed E-state index contributed by atoms with van der Waals surface area (Å²) in [7, 11) is 1.68. The summed E-state index contributed by atoms with van der Waals surface area (Å²) < 4.78 is 7.44. The number of nitrogens with one attached hydrogen (secondary N) is 1. The summed E-state index contributed by atoms with van der Waals surface area (Å²) in [5.41, 5.74) is 2.91. The van der Waals surface area contributed by atoms with E-state index in [1.165, 1.54) is 0 Å². The smallest absolute Gasteiger partial charge is 0.149 e. The molecule has 6 nitrogen and oxygen atoms in total. The summed E-state index contributed by atoms with van der Waals surface area (Å²) in [6, 6.07) is 8.25. The second-order valence-electron chi connectivity index (χ2n) is 5.85. The van der Waals surface area contributed by atoms with Crippen molar-refractivity contribution in [2.45, 2.75) is 32.4 Å². The molecule has 3 heterocycles. The van der Waals surface area contributed by atoms with E-state index in [2.05, 4.69) is 32.5 Å². The van der Waals surface area contributed by atoms with Crippen LogP contribution in [0, 0.1) is 6.92 Å². The second kappa shape index (κ2) is 5.53. The lowest BCUT2D eigenvalue weighted by molar-refractivity contribution is 0.419. The van der Waals surface area contributed by atoms with E-state index in [1.54, 1.807) is 13.4 Å². The number of pyridine rings is 1. The lowest BCUT2D eigenvalue weighted by Crippen LogP contribution is -2.22. The first-order chi connectivity index (χ1) is 11.3. The van der Waals surface area contributed by atoms with Gasteiger partial charge in [0.15, 0.2) is 0 Å². The summed E-state index contributed by atoms with van der Waals surface area (Å²) in [6.07, 6.45) is 3.78. The van der Waals surface area contributed by atoms with Crippen LogP contribution in [0.15, 0.2) is 30.6 Å². The van der Waals surface area contributed by atoms with Gasteiger partial charge in [-0.05, 0) is 31.9 Å². The number of methoxy groups -OCH3 is 1. The molecule has 6 heteroatoms. The van der Waals surface area contributed by atoms with Crippen LogP contribution in [0.4, 0.5) is 5.69 Å². The fourth-order valence-electron chi connectivity index (χ4n) is 3.25. The van der Waals surface area contributed by atoms with Gasteiger partial charge in [0.2, 0.25) is 0 Å². The third kappa shape index (κ3) is 2.40. The van der Waals surface area contributed by atoms with Crippen LogP contribution in [0.1, 0.15) is 30.4 Å². The van der Waals surface area contributed by atoms with Crippen LogP contribution in [0.5, 0.6) is 5.75 Å². The first kappa shape index (κ1) is 14.0. The molecule has 0 bridgehead atoms. The molecule has 0 radical (unpaired) electrons. The van der Waals surface area contributed by atoms with Crippen molar-refractivity contribution in [2.75, 3.05) is 12.4 Å². The van der Waals surface area contributed by atoms with Crippen molar-refractivity contribution in [3.05, 3.63) is 42.1 Å². The standard InChI is InChI=1S/C17H19N5O/c1-11-9-14(12-5-3-7-15(23-2)16(12)20-11)21-13-6-4-8-22-17(13)18-10-19-22/h3,5,7,9-10,13H,4,6,8H2,1-2H3,(H,20,21). The van der Waals surface area contributed by atoms with Crippen LogP contribution < -0.4 is 10.1 Å². The van der Waals surface area contributed by atoms with Gasteiger partial charge < -0.3 is 10.1 Å². The Bertz CT molecular complexity index is 857. The van der Waals surface area contributed by atoms with E-state index < -0.39 is 0 Å². The van der Waals surface area contributed by atoms with Crippen LogP contribution >= 0.6 is 0 Å². The molecule has 1 aromatic carbocycles. The summed E-state index contributed by atoms with van der Waals surface area (Å²) >= 11 is 0. The summed E-state index contributed by atoms with van der Waals surface area (Å²) in [5.74, 6) is 1.79. The van der Waals surface area contributed by atoms with Crippen molar-refractivity contribution < 1.29 is 4.74 Å². The van der Waals surface area contributed by atoms with Crippen molar-refractivity contribution in [1.82, 2.24) is 19.7 Å². The molecule has 1 unspecified atom stereocenters. The fourth-order valence-corrected chi connectivity index (χ4v) is 3.25. The largest absolute Gasteiger partial charge is 0.494 e. The Labute approximate surface area is 134 Å². The molecule has 0 fully saturated rings. The maximum atomic E-state index is 5.45. The maximum Gasteiger partial charge on any atom is 0.149 e. The van der Waals surface area contributed by atoms with E-state index in [4.69, 9.17) is 4.74 Å². The van der Waals surface area contributed by atoms with Gasteiger partial charge in [-0.2, -0.15) is 5.10 Å². The SMILES string of the molecule is COc1cccc2c(NC3CCCn4ncnc43)cc(C)nc12. The molecule has 1 aliphatic heterocycles. The van der Waals surface area contributed by atoms with Crippen LogP contribution in [-0.4, -0.2) is 26.9 Å². The number of rotatable bonds is 3. The van der Waals surface area contributed by atoms with Gasteiger partial charge in [0.1, 0.15) is 23.4 Å². The summed E-state index contributed by atoms with van der Waals surface area (Å²) in [5, 5.41) is 8.99. The van der Waals surface area contributed by atoms with Gasteiger partial charge in [-0.25, -0.2) is 14.6 Å². The number of para-hydroxylation sites is 1. The van der Waals surface area contributed by atoms with Crippen LogP contribution in [-0.2, 0) is 6.54 Å². The van der Waals surface area contributed by atoms with Crippen molar-refractivity contribution in [3.8, 4) is 5.75 Å². The molecular weight excluding hydrogens is 290 g/mol. The Morgan fingerprint density at radius 1 is 1.35 bits per heavy atom. The molecular formula is C17H19N5O. The van der Waals surface area contributed by atoms with E-state index in [0.29, 0.717) is 0 Å². The number of aromatic nitrogens is 4. The average molecular weight is 309 g/mol. The highest BCUT2D eigenvalue weighted by Gasteiger charge is 2.23. The molecule has 0 saturated heterocycles. The molecule has 1 aliphatic rings. The second-order valence-corrected chi connectivity index (χ2v) is 5.85. The molecule has 0 aliphatic carbocycles. The van der Waals surface area contributed by atoms with Gasteiger partial charge >= 0.3 is 0 Å². The Morgan fingerprint density at radius 3 is 3.13 bits per heavy atom. The Kier molecular flexibility index (Phi) is 3.37. The van der Waals surface area contributed by atoms with Crippen molar-refractivity contribution in [1.29, 1.82) is 0 Å². The molecule has 4 rings (SSSR count). The zero-order valence-electron chi connectivity index (χ0n) is 13.3. The monoisotopic (exact) mass is 309 g/mol. The zero-order valence-corrected chi connectivity index (χ0v) is 13.3. The number of anilines is 1. The molecule has 1 atom stereocenters. The molecule has 2 aromatic heterocycles. The summed E-state index contributed by atoms with van der Waals surface area (Å²) in [4.78, 5) is 9.06. The van der Waals surface area contributed by atoms with Gasteiger partial charge in [-0.15, -0.1) is 0 Å². The topological polar surface area (TPSA) is 64.9 Å². The first-order valence-corrected chi connectivity index (χ1v) is 7.85. The van der Waals surface area contributed by atoms with Crippen LogP contribution in [0.2, 0.25) is 0 Å². The minimum absolute atomic E-state index is 0.169. The molecule has 0 amide bonds. The van der Waals surface area contributed by atoms with Gasteiger partial charge in [0.25, 0.3) is 0 Å². The highest BCUT2D eigenvalue weighted by atomic mass is 16.5. The molecule has 23 heavy (non-hydrogen) atoms. The average Bonchev–Trinajstić information content (AvgIpc) is 3.04. The van der Waals surface area contributed by atoms with Gasteiger partial charge in [0.05, 0.1) is 13.2 Å². The number of nitrogens with zero attached hydrogens (tertiary/aromatic N) is 4. The maximum absolute atomic E-state index is 5.45. The molecule has 1 N–H and O–H groups in total. The molecule has 0 saturated carbocycles. The molecule has 3 aromatic rings. The molecule has 118 valence electrons. The van der Waals surface area contributed by atoms with E-state index in [1.807, 2.05) is 23.7 Å².